The van der Waals surface area contributed by atoms with Crippen LogP contribution in [0.15, 0.2) is 29.3 Å². The van der Waals surface area contributed by atoms with Crippen molar-refractivity contribution in [3.05, 3.63) is 29.8 Å². The van der Waals surface area contributed by atoms with Gasteiger partial charge in [0, 0.05) is 32.6 Å². The first kappa shape index (κ1) is 22.5. The van der Waals surface area contributed by atoms with E-state index in [0.717, 1.165) is 31.2 Å². The number of aliphatic imine (C=N–C) groups is 1. The average molecular weight is 474 g/mol. The van der Waals surface area contributed by atoms with Crippen LogP contribution < -0.4 is 15.4 Å². The van der Waals surface area contributed by atoms with Gasteiger partial charge in [-0.3, -0.25) is 9.79 Å². The highest BCUT2D eigenvalue weighted by Crippen LogP contribution is 2.14. The summed E-state index contributed by atoms with van der Waals surface area (Å²) in [6.45, 7) is 8.18. The van der Waals surface area contributed by atoms with Crippen molar-refractivity contribution in [1.82, 2.24) is 15.5 Å². The van der Waals surface area contributed by atoms with Gasteiger partial charge < -0.3 is 20.3 Å². The molecule has 1 fully saturated rings. The van der Waals surface area contributed by atoms with Crippen LogP contribution in [0.3, 0.4) is 0 Å². The van der Waals surface area contributed by atoms with Gasteiger partial charge in [-0.2, -0.15) is 0 Å². The Labute approximate surface area is 173 Å². The van der Waals surface area contributed by atoms with E-state index in [2.05, 4.69) is 28.6 Å². The quantitative estimate of drug-likeness (QED) is 0.378. The lowest BCUT2D eigenvalue weighted by molar-refractivity contribution is -0.129. The van der Waals surface area contributed by atoms with Crippen molar-refractivity contribution in [3.8, 4) is 5.75 Å². The van der Waals surface area contributed by atoms with Crippen molar-refractivity contribution in [1.29, 1.82) is 0 Å². The van der Waals surface area contributed by atoms with Gasteiger partial charge in [0.2, 0.25) is 5.91 Å². The summed E-state index contributed by atoms with van der Waals surface area (Å²) in [5.41, 5.74) is 1.18. The van der Waals surface area contributed by atoms with Crippen molar-refractivity contribution in [2.24, 2.45) is 4.99 Å². The predicted molar refractivity (Wildman–Crippen MR) is 116 cm³/mol. The number of amides is 1. The van der Waals surface area contributed by atoms with Gasteiger partial charge >= 0.3 is 0 Å². The van der Waals surface area contributed by atoms with Crippen molar-refractivity contribution in [3.63, 3.8) is 0 Å². The number of carbonyl (C=O) groups is 1. The molecule has 146 valence electrons. The van der Waals surface area contributed by atoms with Gasteiger partial charge in [0.1, 0.15) is 11.9 Å². The number of nitrogens with one attached hydrogen (secondary N) is 2. The fourth-order valence-corrected chi connectivity index (χ4v) is 2.92. The molecule has 1 aromatic rings. The summed E-state index contributed by atoms with van der Waals surface area (Å²) in [7, 11) is 1.76. The lowest BCUT2D eigenvalue weighted by atomic mass is 10.2. The van der Waals surface area contributed by atoms with Gasteiger partial charge in [0.25, 0.3) is 0 Å². The Morgan fingerprint density at radius 1 is 1.46 bits per heavy atom. The molecule has 0 saturated carbocycles. The van der Waals surface area contributed by atoms with E-state index in [9.17, 15) is 4.79 Å². The lowest BCUT2D eigenvalue weighted by Gasteiger charge is -2.21. The van der Waals surface area contributed by atoms with Gasteiger partial charge in [-0.1, -0.05) is 19.1 Å². The molecule has 0 radical (unpaired) electrons. The van der Waals surface area contributed by atoms with E-state index in [1.165, 1.54) is 5.56 Å². The Balaban J connectivity index is 0.00000338. The molecule has 2 unspecified atom stereocenters. The summed E-state index contributed by atoms with van der Waals surface area (Å²) in [5.74, 6) is 1.84. The molecule has 2 N–H and O–H groups in total. The molecule has 1 aromatic carbocycles. The maximum absolute atomic E-state index is 11.8. The molecular formula is C19H31IN4O2. The number of benzene rings is 1. The van der Waals surface area contributed by atoms with Crippen LogP contribution in [0, 0.1) is 6.92 Å². The summed E-state index contributed by atoms with van der Waals surface area (Å²) in [6, 6.07) is 8.29. The molecule has 1 heterocycles. The van der Waals surface area contributed by atoms with Crippen molar-refractivity contribution < 1.29 is 9.53 Å². The average Bonchev–Trinajstić information content (AvgIpc) is 3.06. The molecule has 2 atom stereocenters. The predicted octanol–water partition coefficient (Wildman–Crippen LogP) is 2.56. The topological polar surface area (TPSA) is 66.0 Å². The summed E-state index contributed by atoms with van der Waals surface area (Å²) >= 11 is 0. The number of aryl methyl sites for hydroxylation is 1. The minimum atomic E-state index is 0. The minimum Gasteiger partial charge on any atom is -0.489 e. The second-order valence-corrected chi connectivity index (χ2v) is 6.52. The number of rotatable bonds is 6. The van der Waals surface area contributed by atoms with Crippen molar-refractivity contribution in [2.45, 2.75) is 45.8 Å². The monoisotopic (exact) mass is 474 g/mol. The first-order chi connectivity index (χ1) is 12.0. The van der Waals surface area contributed by atoms with Crippen molar-refractivity contribution >= 4 is 35.8 Å². The second kappa shape index (κ2) is 11.3. The summed E-state index contributed by atoms with van der Waals surface area (Å²) in [5, 5.41) is 6.69. The third kappa shape index (κ3) is 7.01. The summed E-state index contributed by atoms with van der Waals surface area (Å²) in [6.07, 6.45) is 1.53. The number of carbonyl (C=O) groups excluding carboxylic acids is 1. The molecule has 0 bridgehead atoms. The third-order valence-corrected chi connectivity index (χ3v) is 4.29. The number of ether oxygens (including phenoxy) is 1. The minimum absolute atomic E-state index is 0. The molecule has 26 heavy (non-hydrogen) atoms. The molecule has 1 aliphatic rings. The number of hydrogen-bond acceptors (Lipinski definition) is 3. The van der Waals surface area contributed by atoms with E-state index in [1.54, 1.807) is 7.05 Å². The van der Waals surface area contributed by atoms with Crippen LogP contribution in [0.25, 0.3) is 0 Å². The Kier molecular flexibility index (Phi) is 9.75. The number of nitrogens with zero attached hydrogens (tertiary/aromatic N) is 2. The van der Waals surface area contributed by atoms with Crippen LogP contribution in [0.4, 0.5) is 0 Å². The van der Waals surface area contributed by atoms with Gasteiger partial charge in [0.15, 0.2) is 5.96 Å². The highest BCUT2D eigenvalue weighted by molar-refractivity contribution is 14.0. The van der Waals surface area contributed by atoms with E-state index in [4.69, 9.17) is 4.74 Å². The molecule has 0 spiro atoms. The smallest absolute Gasteiger partial charge is 0.222 e. The van der Waals surface area contributed by atoms with Gasteiger partial charge in [-0.15, -0.1) is 24.0 Å². The third-order valence-electron chi connectivity index (χ3n) is 4.29. The summed E-state index contributed by atoms with van der Waals surface area (Å²) in [4.78, 5) is 17.9. The molecule has 0 aliphatic carbocycles. The number of hydrogen-bond donors (Lipinski definition) is 2. The first-order valence-electron chi connectivity index (χ1n) is 9.00. The Hall–Kier alpha value is -1.51. The van der Waals surface area contributed by atoms with Gasteiger partial charge in [0.05, 0.1) is 6.54 Å². The Bertz CT molecular complexity index is 609. The second-order valence-electron chi connectivity index (χ2n) is 6.52. The maximum Gasteiger partial charge on any atom is 0.222 e. The molecule has 6 nitrogen and oxygen atoms in total. The molecule has 0 aromatic heterocycles. The number of halogens is 1. The van der Waals surface area contributed by atoms with Crippen LogP contribution in [0.1, 0.15) is 32.3 Å². The van der Waals surface area contributed by atoms with E-state index in [0.29, 0.717) is 13.0 Å². The van der Waals surface area contributed by atoms with Crippen LogP contribution in [-0.4, -0.2) is 55.6 Å². The summed E-state index contributed by atoms with van der Waals surface area (Å²) < 4.78 is 5.92. The SMILES string of the molecule is CCC(=O)N1CCC(NC(=NC)NCC(C)Oc2cccc(C)c2)C1.I. The fraction of sp³-hybridized carbons (Fsp3) is 0.579. The highest BCUT2D eigenvalue weighted by Gasteiger charge is 2.25. The standard InChI is InChI=1S/C19H30N4O2.HI/c1-5-18(24)23-10-9-16(13-23)22-19(20-4)21-12-15(3)25-17-8-6-7-14(2)11-17;/h6-8,11,15-16H,5,9-10,12-13H2,1-4H3,(H2,20,21,22);1H. The zero-order chi connectivity index (χ0) is 18.2. The van der Waals surface area contributed by atoms with E-state index < -0.39 is 0 Å². The van der Waals surface area contributed by atoms with E-state index in [-0.39, 0.29) is 42.0 Å². The zero-order valence-corrected chi connectivity index (χ0v) is 18.4. The molecule has 1 amide bonds. The zero-order valence-electron chi connectivity index (χ0n) is 16.1. The molecule has 7 heteroatoms. The van der Waals surface area contributed by atoms with Gasteiger partial charge in [-0.05, 0) is 38.0 Å². The fourth-order valence-electron chi connectivity index (χ4n) is 2.92. The van der Waals surface area contributed by atoms with Gasteiger partial charge in [-0.25, -0.2) is 0 Å². The Morgan fingerprint density at radius 2 is 2.23 bits per heavy atom. The molecule has 1 aliphatic heterocycles. The number of guanidine groups is 1. The first-order valence-corrected chi connectivity index (χ1v) is 9.00. The maximum atomic E-state index is 11.8. The van der Waals surface area contributed by atoms with Crippen LogP contribution >= 0.6 is 24.0 Å². The molecule has 2 rings (SSSR count). The van der Waals surface area contributed by atoms with Crippen LogP contribution in [-0.2, 0) is 4.79 Å². The highest BCUT2D eigenvalue weighted by atomic mass is 127. The molecule has 1 saturated heterocycles. The van der Waals surface area contributed by atoms with Crippen molar-refractivity contribution in [2.75, 3.05) is 26.7 Å². The molecular weight excluding hydrogens is 443 g/mol. The van der Waals surface area contributed by atoms with Crippen LogP contribution in [0.5, 0.6) is 5.75 Å². The van der Waals surface area contributed by atoms with Crippen LogP contribution in [0.2, 0.25) is 0 Å². The largest absolute Gasteiger partial charge is 0.489 e. The van der Waals surface area contributed by atoms with E-state index in [1.807, 2.05) is 36.9 Å². The Morgan fingerprint density at radius 3 is 2.88 bits per heavy atom. The normalized spacial score (nSPS) is 18.1. The number of likely N-dealkylation sites (tertiary alicyclic amines) is 1. The van der Waals surface area contributed by atoms with E-state index >= 15 is 0 Å². The lowest BCUT2D eigenvalue weighted by Crippen LogP contribution is -2.47.